The summed E-state index contributed by atoms with van der Waals surface area (Å²) in [6.07, 6.45) is 1.46. The number of amides is 1. The summed E-state index contributed by atoms with van der Waals surface area (Å²) in [7, 11) is 1.77. The van der Waals surface area contributed by atoms with Crippen LogP contribution in [0.4, 0.5) is 35.0 Å². The molecule has 0 atom stereocenters. The van der Waals surface area contributed by atoms with Crippen molar-refractivity contribution in [2.45, 2.75) is 30.9 Å². The van der Waals surface area contributed by atoms with Crippen molar-refractivity contribution >= 4 is 23.4 Å². The molecule has 0 spiro atoms. The van der Waals surface area contributed by atoms with Crippen LogP contribution in [-0.2, 0) is 23.7 Å². The predicted octanol–water partition coefficient (Wildman–Crippen LogP) is 4.52. The number of carbonyl (C=O) groups excluding carboxylic acids is 1. The molecule has 186 valence electrons. The van der Waals surface area contributed by atoms with Crippen LogP contribution in [0.2, 0.25) is 0 Å². The number of carbonyl (C=O) groups is 1. The van der Waals surface area contributed by atoms with Crippen molar-refractivity contribution in [1.82, 2.24) is 24.9 Å². The number of halogens is 4. The van der Waals surface area contributed by atoms with Crippen LogP contribution >= 0.6 is 0 Å². The zero-order chi connectivity index (χ0) is 25.5. The Morgan fingerprint density at radius 2 is 1.92 bits per heavy atom. The Bertz CT molecular complexity index is 1410. The maximum Gasteiger partial charge on any atom is 0.401 e. The zero-order valence-corrected chi connectivity index (χ0v) is 18.8. The van der Waals surface area contributed by atoms with Gasteiger partial charge in [0.1, 0.15) is 11.2 Å². The molecular formula is C23H19F4N7O2. The lowest BCUT2D eigenvalue weighted by Gasteiger charge is -2.14. The summed E-state index contributed by atoms with van der Waals surface area (Å²) < 4.78 is 60.9. The van der Waals surface area contributed by atoms with Gasteiger partial charge in [-0.3, -0.25) is 9.48 Å². The second-order valence-electron chi connectivity index (χ2n) is 8.52. The molecule has 1 aliphatic carbocycles. The summed E-state index contributed by atoms with van der Waals surface area (Å²) in [6, 6.07) is 5.35. The summed E-state index contributed by atoms with van der Waals surface area (Å²) in [4.78, 5) is 20.7. The van der Waals surface area contributed by atoms with E-state index in [1.165, 1.54) is 24.5 Å². The van der Waals surface area contributed by atoms with Crippen molar-refractivity contribution in [2.24, 2.45) is 7.05 Å². The molecule has 0 bridgehead atoms. The number of rotatable bonds is 7. The fourth-order valence-corrected chi connectivity index (χ4v) is 3.78. The third-order valence-electron chi connectivity index (χ3n) is 5.86. The summed E-state index contributed by atoms with van der Waals surface area (Å²) in [5.74, 6) is -1.29. The molecule has 2 N–H and O–H groups in total. The number of alkyl halides is 3. The van der Waals surface area contributed by atoms with E-state index in [1.54, 1.807) is 30.2 Å². The van der Waals surface area contributed by atoms with Gasteiger partial charge in [-0.25, -0.2) is 14.4 Å². The monoisotopic (exact) mass is 501 g/mol. The highest BCUT2D eigenvalue weighted by Crippen LogP contribution is 2.59. The number of anilines is 3. The van der Waals surface area contributed by atoms with Crippen LogP contribution in [0.15, 0.2) is 53.6 Å². The first kappa shape index (κ1) is 23.5. The summed E-state index contributed by atoms with van der Waals surface area (Å²) in [5, 5.41) is 12.9. The van der Waals surface area contributed by atoms with Gasteiger partial charge in [-0.1, -0.05) is 17.3 Å². The molecule has 4 aromatic rings. The minimum atomic E-state index is -4.45. The fourth-order valence-electron chi connectivity index (χ4n) is 3.78. The largest absolute Gasteiger partial charge is 0.401 e. The molecule has 5 rings (SSSR count). The van der Waals surface area contributed by atoms with E-state index >= 15 is 0 Å². The Labute approximate surface area is 201 Å². The van der Waals surface area contributed by atoms with Crippen molar-refractivity contribution in [2.75, 3.05) is 10.6 Å². The van der Waals surface area contributed by atoms with Crippen LogP contribution in [0.25, 0.3) is 11.1 Å². The molecule has 1 fully saturated rings. The van der Waals surface area contributed by atoms with Crippen molar-refractivity contribution in [3.8, 4) is 11.1 Å². The average molecular weight is 501 g/mol. The molecule has 3 heterocycles. The van der Waals surface area contributed by atoms with Crippen molar-refractivity contribution in [1.29, 1.82) is 0 Å². The number of aromatic nitrogens is 5. The van der Waals surface area contributed by atoms with Gasteiger partial charge in [0, 0.05) is 42.8 Å². The van der Waals surface area contributed by atoms with Gasteiger partial charge in [-0.05, 0) is 24.5 Å². The van der Waals surface area contributed by atoms with Crippen LogP contribution in [0.5, 0.6) is 0 Å². The molecule has 36 heavy (non-hydrogen) atoms. The molecule has 0 radical (unpaired) electrons. The molecule has 13 heteroatoms. The van der Waals surface area contributed by atoms with Crippen LogP contribution in [0.1, 0.15) is 24.2 Å². The van der Waals surface area contributed by atoms with Gasteiger partial charge >= 0.3 is 6.18 Å². The molecule has 9 nitrogen and oxygen atoms in total. The third-order valence-corrected chi connectivity index (χ3v) is 5.86. The fraction of sp³-hybridized carbons (Fsp3) is 0.261. The van der Waals surface area contributed by atoms with Gasteiger partial charge in [0.05, 0.1) is 18.3 Å². The molecular weight excluding hydrogens is 482 g/mol. The van der Waals surface area contributed by atoms with E-state index < -0.39 is 23.3 Å². The molecule has 0 unspecified atom stereocenters. The highest BCUT2D eigenvalue weighted by molar-refractivity contribution is 5.91. The summed E-state index contributed by atoms with van der Waals surface area (Å²) in [6.45, 7) is 0. The second-order valence-corrected chi connectivity index (χ2v) is 8.52. The quantitative estimate of drug-likeness (QED) is 0.358. The Hall–Kier alpha value is -4.29. The zero-order valence-electron chi connectivity index (χ0n) is 18.8. The first-order valence-electron chi connectivity index (χ1n) is 10.8. The molecule has 0 aliphatic heterocycles. The van der Waals surface area contributed by atoms with E-state index in [1.807, 2.05) is 0 Å². The average Bonchev–Trinajstić information content (AvgIpc) is 3.36. The molecule has 1 amide bonds. The van der Waals surface area contributed by atoms with E-state index in [2.05, 4.69) is 30.9 Å². The lowest BCUT2D eigenvalue weighted by molar-refractivity contribution is -0.165. The number of hydrogen-bond acceptors (Lipinski definition) is 7. The molecule has 0 saturated heterocycles. The van der Waals surface area contributed by atoms with Crippen LogP contribution in [-0.4, -0.2) is 37.0 Å². The van der Waals surface area contributed by atoms with Gasteiger partial charge in [-0.2, -0.15) is 18.3 Å². The van der Waals surface area contributed by atoms with Gasteiger partial charge < -0.3 is 15.2 Å². The minimum absolute atomic E-state index is 0.0838. The van der Waals surface area contributed by atoms with Crippen LogP contribution in [0, 0.1) is 5.82 Å². The van der Waals surface area contributed by atoms with Gasteiger partial charge in [0.25, 0.3) is 0 Å². The van der Waals surface area contributed by atoms with Gasteiger partial charge in [0.15, 0.2) is 11.6 Å². The van der Waals surface area contributed by atoms with E-state index in [9.17, 15) is 22.4 Å². The third kappa shape index (κ3) is 4.63. The lowest BCUT2D eigenvalue weighted by atomic mass is 10.0. The maximum atomic E-state index is 14.8. The number of nitrogens with zero attached hydrogens (tertiary/aromatic N) is 5. The highest BCUT2D eigenvalue weighted by atomic mass is 19.4. The Kier molecular flexibility index (Phi) is 5.69. The summed E-state index contributed by atoms with van der Waals surface area (Å²) in [5.41, 5.74) is -0.279. The van der Waals surface area contributed by atoms with E-state index in [4.69, 9.17) is 4.52 Å². The normalized spacial score (nSPS) is 14.5. The van der Waals surface area contributed by atoms with E-state index in [-0.39, 0.29) is 36.4 Å². The Morgan fingerprint density at radius 3 is 2.53 bits per heavy atom. The first-order valence-corrected chi connectivity index (χ1v) is 10.8. The first-order chi connectivity index (χ1) is 17.1. The topological polar surface area (TPSA) is 111 Å². The molecule has 3 aromatic heterocycles. The minimum Gasteiger partial charge on any atom is -0.358 e. The standard InChI is InChI=1S/C23H19F4N7O2/c1-34-12-15(11-30-34)31-21-28-9-14(10-29-21)16-3-2-13(6-17(16)24)7-20(35)32-19-8-18(36-33-19)22(4-5-22)23(25,26)27/h2-3,6,8-12H,4-5,7H2,1H3,(H,28,29,31)(H,32,33,35). The van der Waals surface area contributed by atoms with E-state index in [0.29, 0.717) is 22.8 Å². The number of nitrogens with one attached hydrogen (secondary N) is 2. The number of benzene rings is 1. The predicted molar refractivity (Wildman–Crippen MR) is 120 cm³/mol. The van der Waals surface area contributed by atoms with Crippen LogP contribution < -0.4 is 10.6 Å². The second kappa shape index (κ2) is 8.73. The van der Waals surface area contributed by atoms with Gasteiger partial charge in [-0.15, -0.1) is 0 Å². The molecule has 1 saturated carbocycles. The maximum absolute atomic E-state index is 14.8. The van der Waals surface area contributed by atoms with Gasteiger partial charge in [0.2, 0.25) is 11.9 Å². The Morgan fingerprint density at radius 1 is 1.17 bits per heavy atom. The smallest absolute Gasteiger partial charge is 0.358 e. The Balaban J connectivity index is 1.21. The van der Waals surface area contributed by atoms with E-state index in [0.717, 1.165) is 6.07 Å². The highest BCUT2D eigenvalue weighted by Gasteiger charge is 2.66. The van der Waals surface area contributed by atoms with Crippen molar-refractivity contribution in [3.05, 3.63) is 66.2 Å². The number of hydrogen-bond donors (Lipinski definition) is 2. The summed E-state index contributed by atoms with van der Waals surface area (Å²) >= 11 is 0. The molecule has 1 aromatic carbocycles. The van der Waals surface area contributed by atoms with Crippen molar-refractivity contribution < 1.29 is 26.9 Å². The SMILES string of the molecule is Cn1cc(Nc2ncc(-c3ccc(CC(=O)Nc4cc(C5(C(F)(F)F)CC5)on4)cc3F)cn2)cn1. The molecule has 1 aliphatic rings. The number of aryl methyl sites for hydroxylation is 1. The van der Waals surface area contributed by atoms with Crippen molar-refractivity contribution in [3.63, 3.8) is 0 Å². The van der Waals surface area contributed by atoms with Crippen LogP contribution in [0.3, 0.4) is 0 Å². The lowest BCUT2D eigenvalue weighted by Crippen LogP contribution is -2.28.